The number of hydrogen-bond donors (Lipinski definition) is 1. The monoisotopic (exact) mass is 379 g/mol. The summed E-state index contributed by atoms with van der Waals surface area (Å²) in [5.74, 6) is -0.0698. The highest BCUT2D eigenvalue weighted by Gasteiger charge is 2.09. The number of amides is 1. The van der Waals surface area contributed by atoms with Gasteiger partial charge in [0.1, 0.15) is 0 Å². The Hall–Kier alpha value is -1.40. The molecule has 4 heteroatoms. The SMILES string of the molecule is O=C(Nc1ccc2sccc2c1)c1ccccc1I. The summed E-state index contributed by atoms with van der Waals surface area (Å²) in [6.45, 7) is 0. The molecule has 0 aliphatic rings. The van der Waals surface area contributed by atoms with Gasteiger partial charge in [0.2, 0.25) is 0 Å². The van der Waals surface area contributed by atoms with E-state index in [4.69, 9.17) is 0 Å². The van der Waals surface area contributed by atoms with Gasteiger partial charge in [-0.1, -0.05) is 12.1 Å². The topological polar surface area (TPSA) is 29.1 Å². The third-order valence-electron chi connectivity index (χ3n) is 2.83. The molecule has 0 aliphatic carbocycles. The van der Waals surface area contributed by atoms with Gasteiger partial charge in [-0.3, -0.25) is 4.79 Å². The van der Waals surface area contributed by atoms with Crippen molar-refractivity contribution in [2.75, 3.05) is 5.32 Å². The van der Waals surface area contributed by atoms with E-state index < -0.39 is 0 Å². The molecule has 0 atom stereocenters. The number of rotatable bonds is 2. The molecule has 0 saturated heterocycles. The van der Waals surface area contributed by atoms with E-state index in [2.05, 4.69) is 39.4 Å². The molecule has 2 nitrogen and oxygen atoms in total. The Morgan fingerprint density at radius 2 is 1.95 bits per heavy atom. The van der Waals surface area contributed by atoms with Gasteiger partial charge in [0.05, 0.1) is 5.56 Å². The zero-order chi connectivity index (χ0) is 13.2. The maximum atomic E-state index is 12.2. The summed E-state index contributed by atoms with van der Waals surface area (Å²) >= 11 is 3.87. The number of carbonyl (C=O) groups excluding carboxylic acids is 1. The van der Waals surface area contributed by atoms with E-state index in [0.29, 0.717) is 5.56 Å². The van der Waals surface area contributed by atoms with Crippen LogP contribution in [0.3, 0.4) is 0 Å². The molecule has 0 fully saturated rings. The van der Waals surface area contributed by atoms with Gasteiger partial charge in [-0.2, -0.15) is 0 Å². The fraction of sp³-hybridized carbons (Fsp3) is 0. The number of hydrogen-bond acceptors (Lipinski definition) is 2. The van der Waals surface area contributed by atoms with Crippen LogP contribution in [0.5, 0.6) is 0 Å². The summed E-state index contributed by atoms with van der Waals surface area (Å²) in [6.07, 6.45) is 0. The van der Waals surface area contributed by atoms with E-state index in [9.17, 15) is 4.79 Å². The standard InChI is InChI=1S/C15H10INOS/c16-13-4-2-1-3-12(13)15(18)17-11-5-6-14-10(9-11)7-8-19-14/h1-9H,(H,17,18). The molecule has 0 spiro atoms. The average molecular weight is 379 g/mol. The van der Waals surface area contributed by atoms with E-state index in [1.54, 1.807) is 11.3 Å². The first-order chi connectivity index (χ1) is 9.24. The van der Waals surface area contributed by atoms with Gasteiger partial charge in [-0.15, -0.1) is 11.3 Å². The maximum absolute atomic E-state index is 12.2. The highest BCUT2D eigenvalue weighted by Crippen LogP contribution is 2.24. The van der Waals surface area contributed by atoms with E-state index in [1.165, 1.54) is 4.70 Å². The first kappa shape index (κ1) is 12.6. The van der Waals surface area contributed by atoms with Crippen molar-refractivity contribution < 1.29 is 4.79 Å². The van der Waals surface area contributed by atoms with Crippen molar-refractivity contribution in [1.82, 2.24) is 0 Å². The van der Waals surface area contributed by atoms with Crippen molar-refractivity contribution >= 4 is 55.6 Å². The molecule has 1 N–H and O–H groups in total. The molecule has 0 aliphatic heterocycles. The van der Waals surface area contributed by atoms with Crippen LogP contribution in [0.15, 0.2) is 53.9 Å². The Labute approximate surface area is 128 Å². The summed E-state index contributed by atoms with van der Waals surface area (Å²) in [6, 6.07) is 15.6. The number of halogens is 1. The lowest BCUT2D eigenvalue weighted by atomic mass is 10.2. The Bertz CT molecular complexity index is 750. The van der Waals surface area contributed by atoms with Crippen LogP contribution in [0.1, 0.15) is 10.4 Å². The van der Waals surface area contributed by atoms with Gasteiger partial charge in [-0.05, 0) is 69.8 Å². The summed E-state index contributed by atoms with van der Waals surface area (Å²) in [4.78, 5) is 12.2. The smallest absolute Gasteiger partial charge is 0.256 e. The van der Waals surface area contributed by atoms with Crippen LogP contribution in [0.2, 0.25) is 0 Å². The zero-order valence-electron chi connectivity index (χ0n) is 9.89. The van der Waals surface area contributed by atoms with Crippen LogP contribution in [0, 0.1) is 3.57 Å². The molecular weight excluding hydrogens is 369 g/mol. The molecule has 2 aromatic carbocycles. The number of anilines is 1. The van der Waals surface area contributed by atoms with E-state index >= 15 is 0 Å². The number of benzene rings is 2. The highest BCUT2D eigenvalue weighted by molar-refractivity contribution is 14.1. The molecule has 1 heterocycles. The molecule has 19 heavy (non-hydrogen) atoms. The Morgan fingerprint density at radius 3 is 2.79 bits per heavy atom. The van der Waals surface area contributed by atoms with Gasteiger partial charge >= 0.3 is 0 Å². The molecule has 1 aromatic heterocycles. The van der Waals surface area contributed by atoms with Crippen LogP contribution in [0.25, 0.3) is 10.1 Å². The predicted molar refractivity (Wildman–Crippen MR) is 88.9 cm³/mol. The largest absolute Gasteiger partial charge is 0.322 e. The van der Waals surface area contributed by atoms with Crippen LogP contribution < -0.4 is 5.32 Å². The third kappa shape index (κ3) is 2.64. The van der Waals surface area contributed by atoms with Crippen LogP contribution in [0.4, 0.5) is 5.69 Å². The van der Waals surface area contributed by atoms with Gasteiger partial charge in [0, 0.05) is 14.0 Å². The number of carbonyl (C=O) groups is 1. The molecule has 94 valence electrons. The van der Waals surface area contributed by atoms with Crippen LogP contribution >= 0.6 is 33.9 Å². The van der Waals surface area contributed by atoms with Gasteiger partial charge in [0.25, 0.3) is 5.91 Å². The molecular formula is C15H10INOS. The minimum atomic E-state index is -0.0698. The van der Waals surface area contributed by atoms with Crippen molar-refractivity contribution in [1.29, 1.82) is 0 Å². The van der Waals surface area contributed by atoms with Gasteiger partial charge < -0.3 is 5.32 Å². The van der Waals surface area contributed by atoms with Crippen molar-refractivity contribution in [3.63, 3.8) is 0 Å². The molecule has 0 saturated carbocycles. The normalized spacial score (nSPS) is 10.6. The van der Waals surface area contributed by atoms with Gasteiger partial charge in [0.15, 0.2) is 0 Å². The first-order valence-corrected chi connectivity index (χ1v) is 7.73. The number of fused-ring (bicyclic) bond motifs is 1. The van der Waals surface area contributed by atoms with E-state index in [1.807, 2.05) is 42.5 Å². The minimum Gasteiger partial charge on any atom is -0.322 e. The number of nitrogens with one attached hydrogen (secondary N) is 1. The second kappa shape index (κ2) is 5.30. The van der Waals surface area contributed by atoms with Crippen LogP contribution in [-0.2, 0) is 0 Å². The lowest BCUT2D eigenvalue weighted by Crippen LogP contribution is -2.13. The Balaban J connectivity index is 1.88. The second-order valence-electron chi connectivity index (χ2n) is 4.11. The van der Waals surface area contributed by atoms with E-state index in [-0.39, 0.29) is 5.91 Å². The fourth-order valence-electron chi connectivity index (χ4n) is 1.89. The number of thiophene rings is 1. The third-order valence-corrected chi connectivity index (χ3v) is 4.67. The molecule has 0 radical (unpaired) electrons. The summed E-state index contributed by atoms with van der Waals surface area (Å²) in [7, 11) is 0. The quantitative estimate of drug-likeness (QED) is 0.640. The highest BCUT2D eigenvalue weighted by atomic mass is 127. The lowest BCUT2D eigenvalue weighted by molar-refractivity contribution is 0.102. The molecule has 3 rings (SSSR count). The predicted octanol–water partition coefficient (Wildman–Crippen LogP) is 4.76. The molecule has 0 bridgehead atoms. The zero-order valence-corrected chi connectivity index (χ0v) is 12.9. The van der Waals surface area contributed by atoms with Crippen molar-refractivity contribution in [3.05, 3.63) is 63.0 Å². The maximum Gasteiger partial charge on any atom is 0.256 e. The van der Waals surface area contributed by atoms with E-state index in [0.717, 1.165) is 14.6 Å². The fourth-order valence-corrected chi connectivity index (χ4v) is 3.29. The Morgan fingerprint density at radius 1 is 1.11 bits per heavy atom. The lowest BCUT2D eigenvalue weighted by Gasteiger charge is -2.07. The van der Waals surface area contributed by atoms with Crippen LogP contribution in [-0.4, -0.2) is 5.91 Å². The Kier molecular flexibility index (Phi) is 3.52. The van der Waals surface area contributed by atoms with Crippen molar-refractivity contribution in [2.45, 2.75) is 0 Å². The van der Waals surface area contributed by atoms with Gasteiger partial charge in [-0.25, -0.2) is 0 Å². The summed E-state index contributed by atoms with van der Waals surface area (Å²) < 4.78 is 2.18. The molecule has 3 aromatic rings. The average Bonchev–Trinajstić information content (AvgIpc) is 2.86. The van der Waals surface area contributed by atoms with Crippen molar-refractivity contribution in [2.24, 2.45) is 0 Å². The molecule has 1 amide bonds. The summed E-state index contributed by atoms with van der Waals surface area (Å²) in [5.41, 5.74) is 1.53. The minimum absolute atomic E-state index is 0.0698. The first-order valence-electron chi connectivity index (χ1n) is 5.77. The van der Waals surface area contributed by atoms with Crippen molar-refractivity contribution in [3.8, 4) is 0 Å². The second-order valence-corrected chi connectivity index (χ2v) is 6.22. The molecule has 0 unspecified atom stereocenters. The summed E-state index contributed by atoms with van der Waals surface area (Å²) in [5, 5.41) is 6.15.